The SMILES string of the molecule is COc1ccc(-c2cc(-c3ccccc3)nn2-c2ccccn2)cc1. The third kappa shape index (κ3) is 3.02. The standard InChI is InChI=1S/C21H17N3O/c1-25-18-12-10-17(11-13-18)20-15-19(16-7-3-2-4-8-16)23-24(20)21-9-5-6-14-22-21/h2-15H,1H3. The predicted molar refractivity (Wildman–Crippen MR) is 98.8 cm³/mol. The van der Waals surface area contributed by atoms with Crippen molar-refractivity contribution in [2.45, 2.75) is 0 Å². The van der Waals surface area contributed by atoms with Gasteiger partial charge in [0, 0.05) is 17.3 Å². The Hall–Kier alpha value is -3.40. The molecule has 122 valence electrons. The van der Waals surface area contributed by atoms with Crippen molar-refractivity contribution in [1.29, 1.82) is 0 Å². The van der Waals surface area contributed by atoms with Gasteiger partial charge < -0.3 is 4.74 Å². The first kappa shape index (κ1) is 15.1. The molecule has 4 nitrogen and oxygen atoms in total. The number of methoxy groups -OCH3 is 1. The van der Waals surface area contributed by atoms with Crippen LogP contribution in [0.1, 0.15) is 0 Å². The molecule has 4 heteroatoms. The van der Waals surface area contributed by atoms with Gasteiger partial charge in [-0.15, -0.1) is 0 Å². The molecule has 0 atom stereocenters. The predicted octanol–water partition coefficient (Wildman–Crippen LogP) is 4.61. The fourth-order valence-electron chi connectivity index (χ4n) is 2.75. The van der Waals surface area contributed by atoms with Crippen LogP contribution >= 0.6 is 0 Å². The highest BCUT2D eigenvalue weighted by Crippen LogP contribution is 2.29. The van der Waals surface area contributed by atoms with Crippen LogP contribution in [-0.4, -0.2) is 21.9 Å². The fraction of sp³-hybridized carbons (Fsp3) is 0.0476. The Balaban J connectivity index is 1.87. The zero-order chi connectivity index (χ0) is 17.1. The number of nitrogens with zero attached hydrogens (tertiary/aromatic N) is 3. The van der Waals surface area contributed by atoms with Crippen LogP contribution in [0.3, 0.4) is 0 Å². The molecule has 2 aromatic heterocycles. The summed E-state index contributed by atoms with van der Waals surface area (Å²) in [5.74, 6) is 1.62. The van der Waals surface area contributed by atoms with E-state index < -0.39 is 0 Å². The van der Waals surface area contributed by atoms with Gasteiger partial charge in [0.05, 0.1) is 18.5 Å². The van der Waals surface area contributed by atoms with Gasteiger partial charge in [-0.3, -0.25) is 0 Å². The highest BCUT2D eigenvalue weighted by Gasteiger charge is 2.13. The molecule has 0 N–H and O–H groups in total. The van der Waals surface area contributed by atoms with E-state index in [-0.39, 0.29) is 0 Å². The third-order valence-electron chi connectivity index (χ3n) is 4.03. The highest BCUT2D eigenvalue weighted by atomic mass is 16.5. The maximum Gasteiger partial charge on any atom is 0.153 e. The molecular formula is C21H17N3O. The Kier molecular flexibility index (Phi) is 4.01. The minimum absolute atomic E-state index is 0.787. The van der Waals surface area contributed by atoms with Gasteiger partial charge in [-0.05, 0) is 42.5 Å². The van der Waals surface area contributed by atoms with E-state index in [1.165, 1.54) is 0 Å². The van der Waals surface area contributed by atoms with E-state index in [0.717, 1.165) is 34.1 Å². The second kappa shape index (κ2) is 6.61. The average molecular weight is 327 g/mol. The summed E-state index contributed by atoms with van der Waals surface area (Å²) in [6.45, 7) is 0. The lowest BCUT2D eigenvalue weighted by atomic mass is 10.1. The number of hydrogen-bond donors (Lipinski definition) is 0. The lowest BCUT2D eigenvalue weighted by molar-refractivity contribution is 0.415. The van der Waals surface area contributed by atoms with E-state index in [1.807, 2.05) is 65.3 Å². The molecule has 0 aliphatic heterocycles. The van der Waals surface area contributed by atoms with E-state index in [0.29, 0.717) is 0 Å². The summed E-state index contributed by atoms with van der Waals surface area (Å²) >= 11 is 0. The van der Waals surface area contributed by atoms with Gasteiger partial charge in [-0.25, -0.2) is 9.67 Å². The van der Waals surface area contributed by atoms with Crippen molar-refractivity contribution in [3.8, 4) is 34.1 Å². The molecule has 0 aliphatic carbocycles. The minimum Gasteiger partial charge on any atom is -0.497 e. The van der Waals surface area contributed by atoms with E-state index in [1.54, 1.807) is 13.3 Å². The molecule has 0 saturated carbocycles. The molecule has 0 fully saturated rings. The van der Waals surface area contributed by atoms with Crippen molar-refractivity contribution >= 4 is 0 Å². The molecule has 4 aromatic rings. The van der Waals surface area contributed by atoms with E-state index >= 15 is 0 Å². The second-order valence-corrected chi connectivity index (χ2v) is 5.61. The van der Waals surface area contributed by atoms with Crippen LogP contribution in [-0.2, 0) is 0 Å². The van der Waals surface area contributed by atoms with Gasteiger partial charge in [0.25, 0.3) is 0 Å². The number of ether oxygens (including phenoxy) is 1. The summed E-state index contributed by atoms with van der Waals surface area (Å²) in [4.78, 5) is 4.45. The van der Waals surface area contributed by atoms with Gasteiger partial charge in [0.2, 0.25) is 0 Å². The van der Waals surface area contributed by atoms with E-state index in [9.17, 15) is 0 Å². The maximum absolute atomic E-state index is 5.26. The first-order valence-corrected chi connectivity index (χ1v) is 8.06. The van der Waals surface area contributed by atoms with Crippen molar-refractivity contribution < 1.29 is 4.74 Å². The Morgan fingerprint density at radius 2 is 1.56 bits per heavy atom. The lowest BCUT2D eigenvalue weighted by Gasteiger charge is -2.07. The van der Waals surface area contributed by atoms with Crippen molar-refractivity contribution in [2.75, 3.05) is 7.11 Å². The fourth-order valence-corrected chi connectivity index (χ4v) is 2.75. The van der Waals surface area contributed by atoms with Crippen LogP contribution in [0.15, 0.2) is 85.1 Å². The molecule has 0 saturated heterocycles. The lowest BCUT2D eigenvalue weighted by Crippen LogP contribution is -2.01. The number of benzene rings is 2. The van der Waals surface area contributed by atoms with Gasteiger partial charge in [0.1, 0.15) is 5.75 Å². The Morgan fingerprint density at radius 1 is 0.800 bits per heavy atom. The number of pyridine rings is 1. The van der Waals surface area contributed by atoms with Crippen molar-refractivity contribution in [2.24, 2.45) is 0 Å². The quantitative estimate of drug-likeness (QED) is 0.549. The zero-order valence-electron chi connectivity index (χ0n) is 13.8. The van der Waals surface area contributed by atoms with Crippen molar-refractivity contribution in [3.05, 3.63) is 85.1 Å². The second-order valence-electron chi connectivity index (χ2n) is 5.61. The summed E-state index contributed by atoms with van der Waals surface area (Å²) in [5, 5.41) is 4.79. The normalized spacial score (nSPS) is 10.6. The average Bonchev–Trinajstić information content (AvgIpc) is 3.15. The minimum atomic E-state index is 0.787. The van der Waals surface area contributed by atoms with E-state index in [4.69, 9.17) is 9.84 Å². The van der Waals surface area contributed by atoms with Crippen LogP contribution in [0.2, 0.25) is 0 Å². The first-order chi connectivity index (χ1) is 12.3. The van der Waals surface area contributed by atoms with Crippen LogP contribution < -0.4 is 4.74 Å². The van der Waals surface area contributed by atoms with Gasteiger partial charge in [-0.1, -0.05) is 36.4 Å². The Morgan fingerprint density at radius 3 is 2.24 bits per heavy atom. The monoisotopic (exact) mass is 327 g/mol. The number of aromatic nitrogens is 3. The van der Waals surface area contributed by atoms with Crippen LogP contribution in [0.25, 0.3) is 28.3 Å². The number of hydrogen-bond acceptors (Lipinski definition) is 3. The van der Waals surface area contributed by atoms with E-state index in [2.05, 4.69) is 23.2 Å². The zero-order valence-corrected chi connectivity index (χ0v) is 13.8. The Labute approximate surface area is 146 Å². The summed E-state index contributed by atoms with van der Waals surface area (Å²) in [5.41, 5.74) is 4.03. The summed E-state index contributed by atoms with van der Waals surface area (Å²) in [6.07, 6.45) is 1.77. The third-order valence-corrected chi connectivity index (χ3v) is 4.03. The summed E-state index contributed by atoms with van der Waals surface area (Å²) in [6, 6.07) is 26.0. The molecule has 2 aromatic carbocycles. The molecule has 0 aliphatic rings. The maximum atomic E-state index is 5.26. The largest absolute Gasteiger partial charge is 0.497 e. The van der Waals surface area contributed by atoms with Gasteiger partial charge in [0.15, 0.2) is 5.82 Å². The highest BCUT2D eigenvalue weighted by molar-refractivity contribution is 5.70. The van der Waals surface area contributed by atoms with Gasteiger partial charge >= 0.3 is 0 Å². The molecule has 0 radical (unpaired) electrons. The molecule has 4 rings (SSSR count). The summed E-state index contributed by atoms with van der Waals surface area (Å²) < 4.78 is 7.14. The van der Waals surface area contributed by atoms with Crippen LogP contribution in [0.4, 0.5) is 0 Å². The van der Waals surface area contributed by atoms with Crippen molar-refractivity contribution in [3.63, 3.8) is 0 Å². The number of rotatable bonds is 4. The molecule has 0 spiro atoms. The molecule has 25 heavy (non-hydrogen) atoms. The van der Waals surface area contributed by atoms with Gasteiger partial charge in [-0.2, -0.15) is 5.10 Å². The van der Waals surface area contributed by atoms with Crippen molar-refractivity contribution in [1.82, 2.24) is 14.8 Å². The Bertz CT molecular complexity index is 961. The molecule has 2 heterocycles. The molecule has 0 bridgehead atoms. The first-order valence-electron chi connectivity index (χ1n) is 8.06. The smallest absolute Gasteiger partial charge is 0.153 e. The molecule has 0 amide bonds. The van der Waals surface area contributed by atoms with Crippen LogP contribution in [0, 0.1) is 0 Å². The summed E-state index contributed by atoms with van der Waals surface area (Å²) in [7, 11) is 1.67. The topological polar surface area (TPSA) is 39.9 Å². The molecular weight excluding hydrogens is 310 g/mol. The van der Waals surface area contributed by atoms with Crippen LogP contribution in [0.5, 0.6) is 5.75 Å². The molecule has 0 unspecified atom stereocenters.